The minimum Gasteiger partial charge on any atom is -0.439 e. The zero-order valence-corrected chi connectivity index (χ0v) is 18.1. The van der Waals surface area contributed by atoms with Gasteiger partial charge in [-0.1, -0.05) is 48.5 Å². The van der Waals surface area contributed by atoms with E-state index in [1.807, 2.05) is 48.5 Å². The molecule has 1 saturated heterocycles. The Balaban J connectivity index is 1.53. The lowest BCUT2D eigenvalue weighted by molar-refractivity contribution is -0.173. The average molecular weight is 437 g/mol. The number of aryl methyl sites for hydroxylation is 2. The van der Waals surface area contributed by atoms with Crippen LogP contribution in [-0.4, -0.2) is 35.5 Å². The van der Waals surface area contributed by atoms with Crippen molar-refractivity contribution >= 4 is 29.4 Å². The highest BCUT2D eigenvalue weighted by molar-refractivity contribution is 5.97. The van der Waals surface area contributed by atoms with Gasteiger partial charge in [0.25, 0.3) is 5.91 Å². The number of ether oxygens (including phenoxy) is 1. The molecule has 8 heteroatoms. The normalized spacial score (nSPS) is 19.3. The first-order chi connectivity index (χ1) is 15.3. The van der Waals surface area contributed by atoms with Crippen molar-refractivity contribution < 1.29 is 23.9 Å². The quantitative estimate of drug-likeness (QED) is 0.411. The number of benzene rings is 2. The van der Waals surface area contributed by atoms with Crippen molar-refractivity contribution in [3.8, 4) is 0 Å². The maximum atomic E-state index is 12.5. The summed E-state index contributed by atoms with van der Waals surface area (Å²) in [5.74, 6) is -1.42. The highest BCUT2D eigenvalue weighted by Crippen LogP contribution is 2.23. The van der Waals surface area contributed by atoms with E-state index in [-0.39, 0.29) is 18.2 Å². The first kappa shape index (κ1) is 23.0. The van der Waals surface area contributed by atoms with E-state index < -0.39 is 23.6 Å². The number of anilines is 1. The van der Waals surface area contributed by atoms with E-state index in [1.54, 1.807) is 6.07 Å². The summed E-state index contributed by atoms with van der Waals surface area (Å²) in [6, 6.07) is 17.1. The molecular formula is C24H27N3O5. The van der Waals surface area contributed by atoms with Gasteiger partial charge >= 0.3 is 5.97 Å². The van der Waals surface area contributed by atoms with Crippen molar-refractivity contribution in [1.29, 1.82) is 0 Å². The second-order valence-corrected chi connectivity index (χ2v) is 7.90. The number of β-lactam (4-membered cyclic amide) rings is 1. The van der Waals surface area contributed by atoms with E-state index >= 15 is 0 Å². The minimum absolute atomic E-state index is 0.103. The number of carbonyl (C=O) groups excluding carboxylic acids is 4. The van der Waals surface area contributed by atoms with Gasteiger partial charge in [0.2, 0.25) is 18.0 Å². The SMILES string of the molecule is CC(=O)O[C@H]1NC(=O)[C@@]1(C)NC(=O)CCc1ccccc1NC(=O)CCc1ccccc1. The van der Waals surface area contributed by atoms with Gasteiger partial charge < -0.3 is 20.7 Å². The maximum Gasteiger partial charge on any atom is 0.304 e. The van der Waals surface area contributed by atoms with Gasteiger partial charge in [-0.25, -0.2) is 0 Å². The molecule has 2 atom stereocenters. The van der Waals surface area contributed by atoms with E-state index in [4.69, 9.17) is 4.74 Å². The van der Waals surface area contributed by atoms with Gasteiger partial charge in [0.15, 0.2) is 5.54 Å². The number of hydrogen-bond donors (Lipinski definition) is 3. The molecule has 0 aliphatic carbocycles. The fourth-order valence-electron chi connectivity index (χ4n) is 3.47. The molecule has 8 nitrogen and oxygen atoms in total. The van der Waals surface area contributed by atoms with Crippen LogP contribution in [0.5, 0.6) is 0 Å². The van der Waals surface area contributed by atoms with Crippen LogP contribution in [0.25, 0.3) is 0 Å². The predicted octanol–water partition coefficient (Wildman–Crippen LogP) is 2.08. The minimum atomic E-state index is -1.30. The molecule has 2 aromatic carbocycles. The Kier molecular flexibility index (Phi) is 7.25. The molecule has 0 radical (unpaired) electrons. The van der Waals surface area contributed by atoms with E-state index in [1.165, 1.54) is 13.8 Å². The van der Waals surface area contributed by atoms with Gasteiger partial charge in [0.1, 0.15) is 0 Å². The summed E-state index contributed by atoms with van der Waals surface area (Å²) in [4.78, 5) is 48.0. The smallest absolute Gasteiger partial charge is 0.304 e. The average Bonchev–Trinajstić information content (AvgIpc) is 2.77. The molecule has 1 fully saturated rings. The standard InChI is InChI=1S/C24H27N3O5/c1-16(28)32-23-24(2,22(31)26-23)27-21(30)15-13-18-10-6-7-11-19(18)25-20(29)14-12-17-8-4-3-5-9-17/h3-11,23H,12-15H2,1-2H3,(H,25,29)(H,26,31)(H,27,30)/t23-,24-/m1/s1. The summed E-state index contributed by atoms with van der Waals surface area (Å²) in [6.45, 7) is 2.75. The Morgan fingerprint density at radius 2 is 1.62 bits per heavy atom. The van der Waals surface area contributed by atoms with Crippen LogP contribution in [0.4, 0.5) is 5.69 Å². The number of rotatable bonds is 9. The lowest BCUT2D eigenvalue weighted by Gasteiger charge is -2.44. The lowest BCUT2D eigenvalue weighted by atomic mass is 9.90. The Morgan fingerprint density at radius 3 is 2.31 bits per heavy atom. The number of esters is 1. The highest BCUT2D eigenvalue weighted by atomic mass is 16.6. The van der Waals surface area contributed by atoms with E-state index in [0.29, 0.717) is 24.9 Å². The summed E-state index contributed by atoms with van der Waals surface area (Å²) >= 11 is 0. The third-order valence-electron chi connectivity index (χ3n) is 5.34. The van der Waals surface area contributed by atoms with Crippen molar-refractivity contribution in [1.82, 2.24) is 10.6 Å². The third kappa shape index (κ3) is 5.72. The van der Waals surface area contributed by atoms with Crippen molar-refractivity contribution in [2.75, 3.05) is 5.32 Å². The van der Waals surface area contributed by atoms with Crippen LogP contribution >= 0.6 is 0 Å². The van der Waals surface area contributed by atoms with Crippen LogP contribution in [-0.2, 0) is 36.8 Å². The van der Waals surface area contributed by atoms with Crippen LogP contribution in [0, 0.1) is 0 Å². The second-order valence-electron chi connectivity index (χ2n) is 7.90. The van der Waals surface area contributed by atoms with Crippen molar-refractivity contribution in [2.45, 2.75) is 51.3 Å². The van der Waals surface area contributed by atoms with Crippen LogP contribution in [0.15, 0.2) is 54.6 Å². The molecule has 0 saturated carbocycles. The molecule has 0 bridgehead atoms. The topological polar surface area (TPSA) is 114 Å². The monoisotopic (exact) mass is 437 g/mol. The van der Waals surface area contributed by atoms with E-state index in [9.17, 15) is 19.2 Å². The Labute approximate surface area is 186 Å². The van der Waals surface area contributed by atoms with Gasteiger partial charge in [-0.2, -0.15) is 0 Å². The molecule has 1 aliphatic heterocycles. The second kappa shape index (κ2) is 10.1. The molecule has 3 rings (SSSR count). The van der Waals surface area contributed by atoms with Gasteiger partial charge in [0.05, 0.1) is 0 Å². The predicted molar refractivity (Wildman–Crippen MR) is 118 cm³/mol. The summed E-state index contributed by atoms with van der Waals surface area (Å²) in [5, 5.41) is 8.02. The van der Waals surface area contributed by atoms with Crippen molar-refractivity contribution in [3.05, 3.63) is 65.7 Å². The zero-order valence-electron chi connectivity index (χ0n) is 18.1. The van der Waals surface area contributed by atoms with Gasteiger partial charge in [-0.3, -0.25) is 19.2 Å². The van der Waals surface area contributed by atoms with Crippen LogP contribution in [0.2, 0.25) is 0 Å². The van der Waals surface area contributed by atoms with Crippen molar-refractivity contribution in [2.24, 2.45) is 0 Å². The molecule has 0 aromatic heterocycles. The molecule has 3 N–H and O–H groups in total. The van der Waals surface area contributed by atoms with E-state index in [2.05, 4.69) is 16.0 Å². The van der Waals surface area contributed by atoms with Crippen LogP contribution < -0.4 is 16.0 Å². The number of nitrogens with one attached hydrogen (secondary N) is 3. The fourth-order valence-corrected chi connectivity index (χ4v) is 3.47. The lowest BCUT2D eigenvalue weighted by Crippen LogP contribution is -2.78. The number of carbonyl (C=O) groups is 4. The zero-order chi connectivity index (χ0) is 23.1. The van der Waals surface area contributed by atoms with Crippen LogP contribution in [0.1, 0.15) is 37.8 Å². The Morgan fingerprint density at radius 1 is 0.969 bits per heavy atom. The molecule has 3 amide bonds. The summed E-state index contributed by atoms with van der Waals surface area (Å²) in [6.07, 6.45) is 0.571. The molecule has 0 spiro atoms. The first-order valence-electron chi connectivity index (χ1n) is 10.5. The molecular weight excluding hydrogens is 410 g/mol. The van der Waals surface area contributed by atoms with Gasteiger partial charge in [-0.05, 0) is 37.0 Å². The van der Waals surface area contributed by atoms with Crippen molar-refractivity contribution in [3.63, 3.8) is 0 Å². The molecule has 32 heavy (non-hydrogen) atoms. The summed E-state index contributed by atoms with van der Waals surface area (Å²) in [7, 11) is 0. The van der Waals surface area contributed by atoms with Crippen LogP contribution in [0.3, 0.4) is 0 Å². The number of hydrogen-bond acceptors (Lipinski definition) is 5. The molecule has 2 aromatic rings. The third-order valence-corrected chi connectivity index (χ3v) is 5.34. The molecule has 168 valence electrons. The molecule has 1 heterocycles. The van der Waals surface area contributed by atoms with Gasteiger partial charge in [-0.15, -0.1) is 0 Å². The molecule has 0 unspecified atom stereocenters. The largest absolute Gasteiger partial charge is 0.439 e. The Hall–Kier alpha value is -3.68. The summed E-state index contributed by atoms with van der Waals surface area (Å²) in [5.41, 5.74) is 1.26. The van der Waals surface area contributed by atoms with E-state index in [0.717, 1.165) is 11.1 Å². The molecule has 1 aliphatic rings. The summed E-state index contributed by atoms with van der Waals surface area (Å²) < 4.78 is 5.02. The first-order valence-corrected chi connectivity index (χ1v) is 10.5. The Bertz CT molecular complexity index is 1010. The maximum absolute atomic E-state index is 12.5. The highest BCUT2D eigenvalue weighted by Gasteiger charge is 2.54. The fraction of sp³-hybridized carbons (Fsp3) is 0.333. The number of para-hydroxylation sites is 1. The number of amides is 3. The van der Waals surface area contributed by atoms with Gasteiger partial charge in [0, 0.05) is 25.5 Å².